The maximum Gasteiger partial charge on any atom is 0.264 e. The first-order valence-electron chi connectivity index (χ1n) is 4.73. The number of nitrogens with one attached hydrogen (secondary N) is 1. The second-order valence-corrected chi connectivity index (χ2v) is 4.93. The summed E-state index contributed by atoms with van der Waals surface area (Å²) in [6.07, 6.45) is 2.90. The molecule has 0 aliphatic carbocycles. The molecule has 0 saturated carbocycles. The molecule has 96 valence electrons. The lowest BCUT2D eigenvalue weighted by Gasteiger charge is -2.05. The lowest BCUT2D eigenvalue weighted by atomic mass is 10.3. The molecule has 2 rings (SSSR count). The highest BCUT2D eigenvalue weighted by Crippen LogP contribution is 2.14. The zero-order valence-corrected chi connectivity index (χ0v) is 10.8. The average molecular weight is 287 g/mol. The number of nitrogen functional groups attached to an aromatic ring is 1. The third kappa shape index (κ3) is 3.31. The molecule has 0 saturated heterocycles. The third-order valence-electron chi connectivity index (χ3n) is 1.98. The molecular formula is C10H11ClN4O2S. The Bertz CT molecular complexity index is 602. The fourth-order valence-corrected chi connectivity index (χ4v) is 2.14. The van der Waals surface area contributed by atoms with E-state index < -0.39 is 10.0 Å². The molecule has 18 heavy (non-hydrogen) atoms. The third-order valence-corrected chi connectivity index (χ3v) is 3.33. The quantitative estimate of drug-likeness (QED) is 0.828. The van der Waals surface area contributed by atoms with Crippen molar-refractivity contribution in [2.24, 2.45) is 0 Å². The highest BCUT2D eigenvalue weighted by atomic mass is 35.5. The second kappa shape index (κ2) is 5.65. The number of sulfonamides is 1. The minimum absolute atomic E-state index is 0. The van der Waals surface area contributed by atoms with E-state index in [0.29, 0.717) is 5.69 Å². The van der Waals surface area contributed by atoms with E-state index in [-0.39, 0.29) is 23.3 Å². The number of nitrogens with zero attached hydrogens (tertiary/aromatic N) is 2. The molecule has 0 unspecified atom stereocenters. The minimum atomic E-state index is -3.66. The van der Waals surface area contributed by atoms with Gasteiger partial charge in [0.25, 0.3) is 10.0 Å². The number of aromatic nitrogens is 2. The van der Waals surface area contributed by atoms with E-state index in [1.807, 2.05) is 0 Å². The summed E-state index contributed by atoms with van der Waals surface area (Å²) in [5.74, 6) is 0.0318. The number of anilines is 2. The Hall–Kier alpha value is -1.86. The molecule has 0 bridgehead atoms. The summed E-state index contributed by atoms with van der Waals surface area (Å²) in [5, 5.41) is 0. The highest BCUT2D eigenvalue weighted by Gasteiger charge is 2.14. The van der Waals surface area contributed by atoms with Crippen LogP contribution in [0.15, 0.2) is 47.6 Å². The topological polar surface area (TPSA) is 98.0 Å². The Kier molecular flexibility index (Phi) is 4.46. The van der Waals surface area contributed by atoms with Gasteiger partial charge in [0.2, 0.25) is 5.95 Å². The van der Waals surface area contributed by atoms with Gasteiger partial charge in [-0.1, -0.05) is 0 Å². The van der Waals surface area contributed by atoms with E-state index in [9.17, 15) is 8.42 Å². The van der Waals surface area contributed by atoms with E-state index in [1.54, 1.807) is 6.07 Å². The molecule has 6 nitrogen and oxygen atoms in total. The van der Waals surface area contributed by atoms with Crippen LogP contribution in [0.4, 0.5) is 11.6 Å². The van der Waals surface area contributed by atoms with Crippen LogP contribution in [0, 0.1) is 0 Å². The fraction of sp³-hybridized carbons (Fsp3) is 0. The Morgan fingerprint density at radius 3 is 2.17 bits per heavy atom. The fourth-order valence-electron chi connectivity index (χ4n) is 1.18. The lowest BCUT2D eigenvalue weighted by Crippen LogP contribution is -2.14. The summed E-state index contributed by atoms with van der Waals surface area (Å²) in [7, 11) is -3.66. The van der Waals surface area contributed by atoms with E-state index in [2.05, 4.69) is 14.7 Å². The van der Waals surface area contributed by atoms with Crippen LogP contribution >= 0.6 is 12.4 Å². The van der Waals surface area contributed by atoms with Gasteiger partial charge in [-0.05, 0) is 30.3 Å². The summed E-state index contributed by atoms with van der Waals surface area (Å²) >= 11 is 0. The standard InChI is InChI=1S/C10H10N4O2S.ClH/c11-8-2-4-9(5-3-8)17(15,16)14-10-12-6-1-7-13-10;/h1-7H,11H2,(H,12,13,14);1H. The number of hydrogen-bond donors (Lipinski definition) is 2. The lowest BCUT2D eigenvalue weighted by molar-refractivity contribution is 0.601. The van der Waals surface area contributed by atoms with Crippen molar-refractivity contribution in [3.63, 3.8) is 0 Å². The van der Waals surface area contributed by atoms with Gasteiger partial charge in [-0.3, -0.25) is 0 Å². The van der Waals surface area contributed by atoms with Crippen molar-refractivity contribution < 1.29 is 8.42 Å². The molecule has 0 aliphatic rings. The molecule has 1 aromatic carbocycles. The number of rotatable bonds is 3. The zero-order chi connectivity index (χ0) is 12.3. The number of benzene rings is 1. The predicted octanol–water partition coefficient (Wildman–Crippen LogP) is 1.28. The number of halogens is 1. The van der Waals surface area contributed by atoms with Crippen molar-refractivity contribution in [2.75, 3.05) is 10.5 Å². The normalized spacial score (nSPS) is 10.4. The van der Waals surface area contributed by atoms with Crippen LogP contribution in [0.5, 0.6) is 0 Å². The Balaban J connectivity index is 0.00000162. The molecule has 0 amide bonds. The van der Waals surface area contributed by atoms with Crippen LogP contribution in [0.2, 0.25) is 0 Å². The number of nitrogens with two attached hydrogens (primary N) is 1. The first kappa shape index (κ1) is 14.2. The van der Waals surface area contributed by atoms with Crippen LogP contribution in [0.25, 0.3) is 0 Å². The summed E-state index contributed by atoms with van der Waals surface area (Å²) in [6.45, 7) is 0. The summed E-state index contributed by atoms with van der Waals surface area (Å²) in [4.78, 5) is 7.67. The Morgan fingerprint density at radius 2 is 1.61 bits per heavy atom. The van der Waals surface area contributed by atoms with Gasteiger partial charge in [-0.25, -0.2) is 23.1 Å². The molecule has 2 aromatic rings. The van der Waals surface area contributed by atoms with Crippen LogP contribution in [0.1, 0.15) is 0 Å². The van der Waals surface area contributed by atoms with E-state index in [1.165, 1.54) is 36.7 Å². The maximum atomic E-state index is 11.9. The van der Waals surface area contributed by atoms with Crippen LogP contribution in [-0.4, -0.2) is 18.4 Å². The van der Waals surface area contributed by atoms with Crippen molar-refractivity contribution in [3.8, 4) is 0 Å². The second-order valence-electron chi connectivity index (χ2n) is 3.25. The van der Waals surface area contributed by atoms with Crippen molar-refractivity contribution in [2.45, 2.75) is 4.90 Å². The van der Waals surface area contributed by atoms with Crippen LogP contribution in [-0.2, 0) is 10.0 Å². The summed E-state index contributed by atoms with van der Waals surface area (Å²) in [5.41, 5.74) is 5.98. The molecule has 1 heterocycles. The van der Waals surface area contributed by atoms with Gasteiger partial charge < -0.3 is 5.73 Å². The summed E-state index contributed by atoms with van der Waals surface area (Å²) in [6, 6.07) is 7.46. The van der Waals surface area contributed by atoms with Crippen LogP contribution in [0.3, 0.4) is 0 Å². The molecule has 0 fully saturated rings. The van der Waals surface area contributed by atoms with Gasteiger partial charge in [-0.2, -0.15) is 0 Å². The first-order chi connectivity index (χ1) is 8.08. The first-order valence-corrected chi connectivity index (χ1v) is 6.22. The molecule has 0 aliphatic heterocycles. The Labute approximate surface area is 111 Å². The van der Waals surface area contributed by atoms with E-state index in [4.69, 9.17) is 5.73 Å². The van der Waals surface area contributed by atoms with Crippen molar-refractivity contribution in [1.82, 2.24) is 9.97 Å². The summed E-state index contributed by atoms with van der Waals surface area (Å²) < 4.78 is 26.0. The predicted molar refractivity (Wildman–Crippen MR) is 70.9 cm³/mol. The largest absolute Gasteiger partial charge is 0.399 e. The zero-order valence-electron chi connectivity index (χ0n) is 9.15. The molecule has 0 atom stereocenters. The molecular weight excluding hydrogens is 276 g/mol. The van der Waals surface area contributed by atoms with E-state index >= 15 is 0 Å². The minimum Gasteiger partial charge on any atom is -0.399 e. The molecule has 3 N–H and O–H groups in total. The van der Waals surface area contributed by atoms with Gasteiger partial charge in [-0.15, -0.1) is 12.4 Å². The number of hydrogen-bond acceptors (Lipinski definition) is 5. The van der Waals surface area contributed by atoms with Crippen molar-refractivity contribution in [3.05, 3.63) is 42.7 Å². The Morgan fingerprint density at radius 1 is 1.06 bits per heavy atom. The smallest absolute Gasteiger partial charge is 0.264 e. The van der Waals surface area contributed by atoms with Crippen molar-refractivity contribution in [1.29, 1.82) is 0 Å². The van der Waals surface area contributed by atoms with Gasteiger partial charge in [0.05, 0.1) is 4.90 Å². The van der Waals surface area contributed by atoms with Crippen LogP contribution < -0.4 is 10.5 Å². The molecule has 8 heteroatoms. The van der Waals surface area contributed by atoms with Gasteiger partial charge >= 0.3 is 0 Å². The van der Waals surface area contributed by atoms with Gasteiger partial charge in [0.15, 0.2) is 0 Å². The molecule has 1 aromatic heterocycles. The average Bonchev–Trinajstić information content (AvgIpc) is 2.30. The molecule has 0 radical (unpaired) electrons. The maximum absolute atomic E-state index is 11.9. The van der Waals surface area contributed by atoms with Gasteiger partial charge in [0, 0.05) is 18.1 Å². The SMILES string of the molecule is Cl.Nc1ccc(S(=O)(=O)Nc2ncccn2)cc1. The van der Waals surface area contributed by atoms with Gasteiger partial charge in [0.1, 0.15) is 0 Å². The monoisotopic (exact) mass is 286 g/mol. The van der Waals surface area contributed by atoms with E-state index in [0.717, 1.165) is 0 Å². The molecule has 0 spiro atoms. The highest BCUT2D eigenvalue weighted by molar-refractivity contribution is 7.92. The van der Waals surface area contributed by atoms with Crippen molar-refractivity contribution >= 4 is 34.1 Å².